The number of aromatic amines is 1. The van der Waals surface area contributed by atoms with Gasteiger partial charge in [-0.25, -0.2) is 4.98 Å². The van der Waals surface area contributed by atoms with Gasteiger partial charge in [-0.2, -0.15) is 0 Å². The highest BCUT2D eigenvalue weighted by atomic mass is 32.1. The minimum atomic E-state index is -0.352. The number of fused-ring (bicyclic) bond motifs is 1. The number of aryl methyl sites for hydroxylation is 2. The van der Waals surface area contributed by atoms with Crippen LogP contribution in [0.25, 0.3) is 0 Å². The number of aromatic nitrogens is 2. The van der Waals surface area contributed by atoms with Crippen molar-refractivity contribution in [2.75, 3.05) is 13.2 Å². The Morgan fingerprint density at radius 2 is 2.38 bits per heavy atom. The van der Waals surface area contributed by atoms with Crippen LogP contribution in [0.2, 0.25) is 0 Å². The highest BCUT2D eigenvalue weighted by Crippen LogP contribution is 2.19. The fourth-order valence-corrected chi connectivity index (χ4v) is 4.01. The van der Waals surface area contributed by atoms with Crippen molar-refractivity contribution in [3.63, 3.8) is 0 Å². The molecular weight excluding hydrogens is 354 g/mol. The minimum Gasteiger partial charge on any atom is -0.379 e. The van der Waals surface area contributed by atoms with Crippen LogP contribution in [0.5, 0.6) is 0 Å². The number of ether oxygens (including phenoxy) is 2. The summed E-state index contributed by atoms with van der Waals surface area (Å²) in [4.78, 5) is 32.0. The van der Waals surface area contributed by atoms with E-state index in [1.165, 1.54) is 11.3 Å². The number of rotatable bonds is 5. The number of pyridine rings is 1. The Hall–Kier alpha value is -2.03. The lowest BCUT2D eigenvalue weighted by atomic mass is 10.0. The maximum atomic E-state index is 12.7. The molecule has 0 saturated carbocycles. The van der Waals surface area contributed by atoms with E-state index in [0.29, 0.717) is 26.2 Å². The summed E-state index contributed by atoms with van der Waals surface area (Å²) in [6.45, 7) is 1.35. The van der Waals surface area contributed by atoms with Crippen LogP contribution >= 0.6 is 11.3 Å². The van der Waals surface area contributed by atoms with Gasteiger partial charge in [0, 0.05) is 17.7 Å². The van der Waals surface area contributed by atoms with Gasteiger partial charge in [-0.05, 0) is 37.3 Å². The Kier molecular flexibility index (Phi) is 5.14. The van der Waals surface area contributed by atoms with Crippen LogP contribution in [0.3, 0.4) is 0 Å². The molecule has 138 valence electrons. The first kappa shape index (κ1) is 17.4. The number of nitrogens with one attached hydrogen (secondary N) is 2. The second-order valence-corrected chi connectivity index (χ2v) is 7.36. The number of hydrogen-bond acceptors (Lipinski definition) is 6. The van der Waals surface area contributed by atoms with E-state index in [9.17, 15) is 9.59 Å². The van der Waals surface area contributed by atoms with Gasteiger partial charge in [0.15, 0.2) is 0 Å². The van der Waals surface area contributed by atoms with Crippen LogP contribution in [-0.4, -0.2) is 41.2 Å². The zero-order chi connectivity index (χ0) is 17.9. The van der Waals surface area contributed by atoms with E-state index >= 15 is 0 Å². The number of nitrogens with zero attached hydrogens (tertiary/aromatic N) is 1. The Labute approximate surface area is 154 Å². The molecule has 8 heteroatoms. The number of amides is 1. The van der Waals surface area contributed by atoms with Gasteiger partial charge >= 0.3 is 0 Å². The van der Waals surface area contributed by atoms with Crippen LogP contribution in [0.4, 0.5) is 0 Å². The zero-order valence-corrected chi connectivity index (χ0v) is 15.1. The zero-order valence-electron chi connectivity index (χ0n) is 14.3. The van der Waals surface area contributed by atoms with Gasteiger partial charge in [-0.1, -0.05) is 0 Å². The molecule has 0 aromatic carbocycles. The second kappa shape index (κ2) is 7.69. The highest BCUT2D eigenvalue weighted by Gasteiger charge is 2.29. The molecule has 1 aliphatic heterocycles. The predicted molar refractivity (Wildman–Crippen MR) is 96.5 cm³/mol. The lowest BCUT2D eigenvalue weighted by molar-refractivity contribution is -0.0742. The van der Waals surface area contributed by atoms with Crippen LogP contribution < -0.4 is 10.9 Å². The summed E-state index contributed by atoms with van der Waals surface area (Å²) in [7, 11) is 0. The molecule has 2 aromatic rings. The van der Waals surface area contributed by atoms with Gasteiger partial charge in [0.05, 0.1) is 30.5 Å². The summed E-state index contributed by atoms with van der Waals surface area (Å²) in [6.07, 6.45) is 3.18. The van der Waals surface area contributed by atoms with E-state index in [1.807, 2.05) is 5.38 Å². The van der Waals surface area contributed by atoms with Crippen molar-refractivity contribution in [3.8, 4) is 0 Å². The number of hydrogen-bond donors (Lipinski definition) is 2. The normalized spacial score (nSPS) is 22.2. The molecule has 1 fully saturated rings. The smallest absolute Gasteiger partial charge is 0.261 e. The molecule has 4 rings (SSSR count). The van der Waals surface area contributed by atoms with Crippen LogP contribution in [-0.2, 0) is 28.9 Å². The fraction of sp³-hybridized carbons (Fsp3) is 0.500. The summed E-state index contributed by atoms with van der Waals surface area (Å²) in [6, 6.07) is 1.54. The van der Waals surface area contributed by atoms with Gasteiger partial charge in [-0.15, -0.1) is 11.3 Å². The van der Waals surface area contributed by atoms with Crippen molar-refractivity contribution in [2.45, 2.75) is 44.4 Å². The average Bonchev–Trinajstić information content (AvgIpc) is 3.31. The molecule has 3 heterocycles. The summed E-state index contributed by atoms with van der Waals surface area (Å²) in [5.41, 5.74) is 4.50. The SMILES string of the molecule is O=C(N[C@@H]1CCOC[C@H]1OCc1cscn1)c1cc2c([nH]c1=O)CCC2. The van der Waals surface area contributed by atoms with Crippen molar-refractivity contribution in [1.29, 1.82) is 0 Å². The first-order chi connectivity index (χ1) is 12.7. The summed E-state index contributed by atoms with van der Waals surface area (Å²) in [5.74, 6) is -0.352. The van der Waals surface area contributed by atoms with Crippen molar-refractivity contribution in [3.05, 3.63) is 49.8 Å². The molecule has 0 radical (unpaired) electrons. The standard InChI is InChI=1S/C18H21N3O4S/c22-17-13(6-11-2-1-3-14(11)20-17)18(23)21-15-4-5-24-8-16(15)25-7-12-9-26-10-19-12/h6,9-10,15-16H,1-5,7-8H2,(H,20,22)(H,21,23)/t15-,16-/m1/s1. The van der Waals surface area contributed by atoms with Crippen LogP contribution in [0.15, 0.2) is 21.8 Å². The lowest BCUT2D eigenvalue weighted by Crippen LogP contribution is -2.50. The third-order valence-corrected chi connectivity index (χ3v) is 5.52. The number of thiazole rings is 1. The molecule has 0 spiro atoms. The molecule has 1 saturated heterocycles. The molecule has 26 heavy (non-hydrogen) atoms. The minimum absolute atomic E-state index is 0.176. The third kappa shape index (κ3) is 3.72. The van der Waals surface area contributed by atoms with E-state index in [2.05, 4.69) is 15.3 Å². The molecule has 1 aliphatic carbocycles. The lowest BCUT2D eigenvalue weighted by Gasteiger charge is -2.31. The van der Waals surface area contributed by atoms with E-state index in [-0.39, 0.29) is 29.2 Å². The third-order valence-electron chi connectivity index (χ3n) is 4.88. The number of H-pyrrole nitrogens is 1. The average molecular weight is 375 g/mol. The van der Waals surface area contributed by atoms with Crippen LogP contribution in [0.1, 0.15) is 40.2 Å². The molecular formula is C18H21N3O4S. The van der Waals surface area contributed by atoms with Crippen molar-refractivity contribution < 1.29 is 14.3 Å². The topological polar surface area (TPSA) is 93.3 Å². The first-order valence-corrected chi connectivity index (χ1v) is 9.77. The largest absolute Gasteiger partial charge is 0.379 e. The molecule has 2 atom stereocenters. The Morgan fingerprint density at radius 3 is 3.23 bits per heavy atom. The fourth-order valence-electron chi connectivity index (χ4n) is 3.47. The summed E-state index contributed by atoms with van der Waals surface area (Å²) < 4.78 is 11.4. The molecule has 7 nitrogen and oxygen atoms in total. The monoisotopic (exact) mass is 375 g/mol. The molecule has 0 bridgehead atoms. The maximum absolute atomic E-state index is 12.7. The summed E-state index contributed by atoms with van der Waals surface area (Å²) >= 11 is 1.52. The van der Waals surface area contributed by atoms with E-state index in [1.54, 1.807) is 11.6 Å². The maximum Gasteiger partial charge on any atom is 0.261 e. The van der Waals surface area contributed by atoms with Crippen molar-refractivity contribution >= 4 is 17.2 Å². The van der Waals surface area contributed by atoms with E-state index < -0.39 is 0 Å². The van der Waals surface area contributed by atoms with Gasteiger partial charge in [-0.3, -0.25) is 9.59 Å². The first-order valence-electron chi connectivity index (χ1n) is 8.83. The van der Waals surface area contributed by atoms with Gasteiger partial charge < -0.3 is 19.8 Å². The molecule has 2 N–H and O–H groups in total. The Bertz CT molecular complexity index is 833. The van der Waals surface area contributed by atoms with E-state index in [0.717, 1.165) is 36.2 Å². The van der Waals surface area contributed by atoms with Gasteiger partial charge in [0.25, 0.3) is 11.5 Å². The molecule has 0 unspecified atom stereocenters. The number of carbonyl (C=O) groups excluding carboxylic acids is 1. The van der Waals surface area contributed by atoms with E-state index in [4.69, 9.17) is 9.47 Å². The predicted octanol–water partition coefficient (Wildman–Crippen LogP) is 1.42. The number of carbonyl (C=O) groups is 1. The quantitative estimate of drug-likeness (QED) is 0.825. The Balaban J connectivity index is 1.44. The van der Waals surface area contributed by atoms with Crippen molar-refractivity contribution in [1.82, 2.24) is 15.3 Å². The van der Waals surface area contributed by atoms with Crippen molar-refractivity contribution in [2.24, 2.45) is 0 Å². The van der Waals surface area contributed by atoms with Gasteiger partial charge in [0.1, 0.15) is 11.7 Å². The molecule has 2 aromatic heterocycles. The highest BCUT2D eigenvalue weighted by molar-refractivity contribution is 7.07. The molecule has 2 aliphatic rings. The molecule has 1 amide bonds. The summed E-state index contributed by atoms with van der Waals surface area (Å²) in [5, 5.41) is 4.90. The Morgan fingerprint density at radius 1 is 1.46 bits per heavy atom. The van der Waals surface area contributed by atoms with Gasteiger partial charge in [0.2, 0.25) is 0 Å². The second-order valence-electron chi connectivity index (χ2n) is 6.64. The van der Waals surface area contributed by atoms with Crippen LogP contribution in [0, 0.1) is 0 Å².